The van der Waals surface area contributed by atoms with Crippen molar-refractivity contribution in [2.75, 3.05) is 7.11 Å². The van der Waals surface area contributed by atoms with Gasteiger partial charge in [-0.25, -0.2) is 4.79 Å². The molecule has 29 heavy (non-hydrogen) atoms. The van der Waals surface area contributed by atoms with Crippen LogP contribution in [0.4, 0.5) is 0 Å². The quantitative estimate of drug-likeness (QED) is 0.401. The Bertz CT molecular complexity index is 1180. The molecule has 3 aromatic carbocycles. The lowest BCUT2D eigenvalue weighted by molar-refractivity contribution is 0.0601. The third-order valence-electron chi connectivity index (χ3n) is 5.18. The molecular formula is C24H21ClN2O2. The Balaban J connectivity index is 1.55. The number of fused-ring (bicyclic) bond motifs is 1. The summed E-state index contributed by atoms with van der Waals surface area (Å²) in [5, 5.41) is 6.45. The molecule has 0 aliphatic heterocycles. The fourth-order valence-corrected chi connectivity index (χ4v) is 3.79. The summed E-state index contributed by atoms with van der Waals surface area (Å²) in [5.74, 6) is -0.357. The summed E-state index contributed by atoms with van der Waals surface area (Å²) in [7, 11) is 1.38. The summed E-state index contributed by atoms with van der Waals surface area (Å²) in [4.78, 5) is 11.8. The molecule has 0 unspecified atom stereocenters. The van der Waals surface area contributed by atoms with Crippen molar-refractivity contribution in [3.05, 3.63) is 88.6 Å². The molecule has 0 spiro atoms. The zero-order valence-electron chi connectivity index (χ0n) is 16.4. The second-order valence-electron chi connectivity index (χ2n) is 6.95. The minimum atomic E-state index is -0.357. The molecule has 4 aromatic rings. The first-order valence-electron chi connectivity index (χ1n) is 9.46. The molecule has 0 aliphatic rings. The van der Waals surface area contributed by atoms with Gasteiger partial charge < -0.3 is 4.74 Å². The maximum absolute atomic E-state index is 11.8. The maximum atomic E-state index is 11.8. The number of hydrogen-bond donors (Lipinski definition) is 0. The number of aryl methyl sites for hydroxylation is 3. The molecule has 0 fully saturated rings. The molecule has 0 radical (unpaired) electrons. The molecule has 0 aliphatic carbocycles. The predicted octanol–water partition coefficient (Wildman–Crippen LogP) is 5.69. The van der Waals surface area contributed by atoms with Crippen LogP contribution in [-0.4, -0.2) is 22.9 Å². The van der Waals surface area contributed by atoms with Crippen molar-refractivity contribution in [3.63, 3.8) is 0 Å². The van der Waals surface area contributed by atoms with Crippen molar-refractivity contribution < 1.29 is 9.53 Å². The van der Waals surface area contributed by atoms with Gasteiger partial charge in [0.2, 0.25) is 0 Å². The molecule has 0 saturated heterocycles. The third-order valence-corrected chi connectivity index (χ3v) is 5.53. The van der Waals surface area contributed by atoms with E-state index in [1.807, 2.05) is 41.9 Å². The Morgan fingerprint density at radius 3 is 2.55 bits per heavy atom. The predicted molar refractivity (Wildman–Crippen MR) is 116 cm³/mol. The van der Waals surface area contributed by atoms with Gasteiger partial charge in [-0.15, -0.1) is 0 Å². The molecule has 0 amide bonds. The Morgan fingerprint density at radius 1 is 1.03 bits per heavy atom. The number of nitrogens with zero attached hydrogens (tertiary/aromatic N) is 2. The number of methoxy groups -OCH3 is 1. The molecule has 4 rings (SSSR count). The molecule has 0 atom stereocenters. The highest BCUT2D eigenvalue weighted by Crippen LogP contribution is 2.27. The summed E-state index contributed by atoms with van der Waals surface area (Å²) >= 11 is 6.55. The van der Waals surface area contributed by atoms with Crippen LogP contribution in [0.5, 0.6) is 0 Å². The largest absolute Gasteiger partial charge is 0.465 e. The van der Waals surface area contributed by atoms with E-state index in [4.69, 9.17) is 16.3 Å². The summed E-state index contributed by atoms with van der Waals surface area (Å²) in [6, 6.07) is 21.9. The van der Waals surface area contributed by atoms with Crippen LogP contribution in [0.2, 0.25) is 5.02 Å². The molecule has 0 N–H and O–H groups in total. The van der Waals surface area contributed by atoms with Gasteiger partial charge in [-0.2, -0.15) is 5.10 Å². The van der Waals surface area contributed by atoms with E-state index in [1.54, 1.807) is 12.1 Å². The van der Waals surface area contributed by atoms with Crippen LogP contribution < -0.4 is 0 Å². The minimum absolute atomic E-state index is 0.357. The van der Waals surface area contributed by atoms with E-state index in [1.165, 1.54) is 7.11 Å². The molecule has 1 heterocycles. The van der Waals surface area contributed by atoms with Gasteiger partial charge in [-0.3, -0.25) is 4.68 Å². The third kappa shape index (κ3) is 3.89. The molecule has 5 heteroatoms. The number of ether oxygens (including phenoxy) is 1. The average molecular weight is 405 g/mol. The number of carbonyl (C=O) groups excluding carboxylic acids is 1. The van der Waals surface area contributed by atoms with Crippen LogP contribution in [0, 0.1) is 6.92 Å². The van der Waals surface area contributed by atoms with Gasteiger partial charge >= 0.3 is 5.97 Å². The number of benzene rings is 3. The smallest absolute Gasteiger partial charge is 0.337 e. The summed E-state index contributed by atoms with van der Waals surface area (Å²) < 4.78 is 6.76. The Hall–Kier alpha value is -3.11. The second kappa shape index (κ2) is 8.10. The molecule has 0 saturated carbocycles. The van der Waals surface area contributed by atoms with Crippen molar-refractivity contribution in [2.45, 2.75) is 19.9 Å². The van der Waals surface area contributed by atoms with E-state index < -0.39 is 0 Å². The van der Waals surface area contributed by atoms with Crippen molar-refractivity contribution in [1.82, 2.24) is 9.78 Å². The molecule has 146 valence electrons. The van der Waals surface area contributed by atoms with E-state index >= 15 is 0 Å². The van der Waals surface area contributed by atoms with Gasteiger partial charge in [0, 0.05) is 22.6 Å². The molecule has 1 aromatic heterocycles. The fourth-order valence-electron chi connectivity index (χ4n) is 3.51. The first kappa shape index (κ1) is 19.2. The lowest BCUT2D eigenvalue weighted by Gasteiger charge is -2.09. The summed E-state index contributed by atoms with van der Waals surface area (Å²) in [6.45, 7) is 2.74. The Morgan fingerprint density at radius 2 is 1.83 bits per heavy atom. The van der Waals surface area contributed by atoms with Crippen molar-refractivity contribution in [1.29, 1.82) is 0 Å². The zero-order valence-corrected chi connectivity index (χ0v) is 17.1. The topological polar surface area (TPSA) is 44.1 Å². The summed E-state index contributed by atoms with van der Waals surface area (Å²) in [5.41, 5.74) is 5.70. The van der Waals surface area contributed by atoms with Crippen molar-refractivity contribution in [2.24, 2.45) is 0 Å². The van der Waals surface area contributed by atoms with Crippen LogP contribution in [0.15, 0.2) is 66.7 Å². The van der Waals surface area contributed by atoms with Crippen LogP contribution in [-0.2, 0) is 17.7 Å². The molecule has 0 bridgehead atoms. The van der Waals surface area contributed by atoms with Gasteiger partial charge in [-0.1, -0.05) is 60.1 Å². The highest BCUT2D eigenvalue weighted by atomic mass is 35.5. The maximum Gasteiger partial charge on any atom is 0.337 e. The van der Waals surface area contributed by atoms with Crippen LogP contribution in [0.25, 0.3) is 22.0 Å². The van der Waals surface area contributed by atoms with Crippen LogP contribution >= 0.6 is 11.6 Å². The van der Waals surface area contributed by atoms with Gasteiger partial charge in [0.15, 0.2) is 0 Å². The van der Waals surface area contributed by atoms with Crippen LogP contribution in [0.3, 0.4) is 0 Å². The first-order valence-corrected chi connectivity index (χ1v) is 9.84. The van der Waals surface area contributed by atoms with E-state index in [0.29, 0.717) is 12.1 Å². The Labute approximate surface area is 174 Å². The number of carbonyl (C=O) groups is 1. The van der Waals surface area contributed by atoms with Gasteiger partial charge in [-0.05, 0) is 48.2 Å². The normalized spacial score (nSPS) is 11.0. The highest BCUT2D eigenvalue weighted by Gasteiger charge is 2.12. The fraction of sp³-hybridized carbons (Fsp3) is 0.167. The standard InChI is InChI=1S/C24H21ClN2O2/c1-16-21-11-10-20(24(28)29-2)15-23(21)26-27(16)13-12-18-8-9-19(14-22(18)25)17-6-4-3-5-7-17/h3-11,14-15H,12-13H2,1-2H3. The van der Waals surface area contributed by atoms with Crippen molar-refractivity contribution in [3.8, 4) is 11.1 Å². The zero-order chi connectivity index (χ0) is 20.4. The lowest BCUT2D eigenvalue weighted by atomic mass is 10.0. The van der Waals surface area contributed by atoms with Crippen molar-refractivity contribution >= 4 is 28.5 Å². The number of aromatic nitrogens is 2. The van der Waals surface area contributed by atoms with Crippen LogP contribution in [0.1, 0.15) is 21.6 Å². The highest BCUT2D eigenvalue weighted by molar-refractivity contribution is 6.31. The second-order valence-corrected chi connectivity index (χ2v) is 7.36. The molecular weight excluding hydrogens is 384 g/mol. The van der Waals surface area contributed by atoms with Gasteiger partial charge in [0.05, 0.1) is 18.2 Å². The lowest BCUT2D eigenvalue weighted by Crippen LogP contribution is -2.05. The first-order chi connectivity index (χ1) is 14.1. The number of esters is 1. The average Bonchev–Trinajstić information content (AvgIpc) is 3.07. The van der Waals surface area contributed by atoms with Gasteiger partial charge in [0.1, 0.15) is 0 Å². The monoisotopic (exact) mass is 404 g/mol. The van der Waals surface area contributed by atoms with E-state index in [0.717, 1.165) is 44.7 Å². The van der Waals surface area contributed by atoms with E-state index in [9.17, 15) is 4.79 Å². The molecule has 4 nitrogen and oxygen atoms in total. The Kier molecular flexibility index (Phi) is 5.36. The van der Waals surface area contributed by atoms with Gasteiger partial charge in [0.25, 0.3) is 0 Å². The SMILES string of the molecule is COC(=O)c1ccc2c(C)n(CCc3ccc(-c4ccccc4)cc3Cl)nc2c1. The number of rotatable bonds is 5. The minimum Gasteiger partial charge on any atom is -0.465 e. The number of hydrogen-bond acceptors (Lipinski definition) is 3. The van der Waals surface area contributed by atoms with E-state index in [-0.39, 0.29) is 5.97 Å². The number of halogens is 1. The summed E-state index contributed by atoms with van der Waals surface area (Å²) in [6.07, 6.45) is 0.770. The van der Waals surface area contributed by atoms with E-state index in [2.05, 4.69) is 29.4 Å².